The number of esters is 1. The molecule has 0 heterocycles. The summed E-state index contributed by atoms with van der Waals surface area (Å²) in [4.78, 5) is 11.3. The number of carbonyl (C=O) groups excluding carboxylic acids is 1. The van der Waals surface area contributed by atoms with Gasteiger partial charge in [0.05, 0.1) is 12.2 Å². The highest BCUT2D eigenvalue weighted by Crippen LogP contribution is 2.07. The van der Waals surface area contributed by atoms with Gasteiger partial charge in [-0.15, -0.1) is 0 Å². The molecule has 0 aliphatic rings. The molecule has 0 fully saturated rings. The maximum atomic E-state index is 11.3. The molecule has 0 spiro atoms. The molecule has 14 heavy (non-hydrogen) atoms. The van der Waals surface area contributed by atoms with Gasteiger partial charge >= 0.3 is 5.97 Å². The van der Waals surface area contributed by atoms with Crippen molar-refractivity contribution in [1.29, 1.82) is 0 Å². The summed E-state index contributed by atoms with van der Waals surface area (Å²) in [6.45, 7) is 0.651. The largest absolute Gasteiger partial charge is 0.460 e. The van der Waals surface area contributed by atoms with Crippen LogP contribution in [-0.4, -0.2) is 26.3 Å². The van der Waals surface area contributed by atoms with Gasteiger partial charge in [0.1, 0.15) is 6.61 Å². The Morgan fingerprint density at radius 1 is 1.43 bits per heavy atom. The van der Waals surface area contributed by atoms with Gasteiger partial charge in [0.2, 0.25) is 0 Å². The maximum absolute atomic E-state index is 11.3. The van der Waals surface area contributed by atoms with E-state index in [4.69, 9.17) is 15.2 Å². The quantitative estimate of drug-likeness (QED) is 0.443. The fraction of sp³-hybridized carbons (Fsp3) is 0.300. The molecule has 1 rings (SSSR count). The second kappa shape index (κ2) is 5.24. The van der Waals surface area contributed by atoms with Crippen LogP contribution in [0.4, 0.5) is 5.69 Å². The fourth-order valence-electron chi connectivity index (χ4n) is 0.967. The summed E-state index contributed by atoms with van der Waals surface area (Å²) in [5, 5.41) is 0. The molecule has 4 nitrogen and oxygen atoms in total. The molecule has 0 aliphatic carbocycles. The molecule has 0 aromatic heterocycles. The molecule has 4 heteroatoms. The lowest BCUT2D eigenvalue weighted by molar-refractivity contribution is 0.0388. The van der Waals surface area contributed by atoms with Crippen molar-refractivity contribution in [3.05, 3.63) is 29.8 Å². The molecule has 2 N–H and O–H groups in total. The predicted octanol–water partition coefficient (Wildman–Crippen LogP) is 1.07. The van der Waals surface area contributed by atoms with Crippen LogP contribution in [0.2, 0.25) is 0 Å². The summed E-state index contributed by atoms with van der Waals surface area (Å²) in [6, 6.07) is 6.66. The van der Waals surface area contributed by atoms with Crippen LogP contribution in [0.3, 0.4) is 0 Å². The molecule has 0 aliphatic heterocycles. The van der Waals surface area contributed by atoms with Crippen LogP contribution in [0.5, 0.6) is 0 Å². The molecule has 0 saturated carbocycles. The number of ether oxygens (including phenoxy) is 2. The predicted molar refractivity (Wildman–Crippen MR) is 53.0 cm³/mol. The van der Waals surface area contributed by atoms with Gasteiger partial charge in [0.15, 0.2) is 0 Å². The van der Waals surface area contributed by atoms with E-state index in [1.807, 2.05) is 0 Å². The third-order valence-corrected chi connectivity index (χ3v) is 1.64. The van der Waals surface area contributed by atoms with E-state index in [-0.39, 0.29) is 12.6 Å². The highest BCUT2D eigenvalue weighted by Gasteiger charge is 2.05. The topological polar surface area (TPSA) is 61.5 Å². The van der Waals surface area contributed by atoms with Crippen LogP contribution in [0, 0.1) is 0 Å². The SMILES string of the molecule is COCCOC(=O)c1cccc(N)c1. The Labute approximate surface area is 82.6 Å². The molecule has 76 valence electrons. The third kappa shape index (κ3) is 3.06. The van der Waals surface area contributed by atoms with E-state index in [2.05, 4.69) is 0 Å². The lowest BCUT2D eigenvalue weighted by Crippen LogP contribution is -2.10. The van der Waals surface area contributed by atoms with Gasteiger partial charge in [-0.3, -0.25) is 0 Å². The summed E-state index contributed by atoms with van der Waals surface area (Å²) < 4.78 is 9.65. The van der Waals surface area contributed by atoms with E-state index >= 15 is 0 Å². The average Bonchev–Trinajstić information content (AvgIpc) is 2.18. The number of methoxy groups -OCH3 is 1. The molecule has 0 unspecified atom stereocenters. The van der Waals surface area contributed by atoms with Crippen molar-refractivity contribution in [2.45, 2.75) is 0 Å². The number of hydrogen-bond donors (Lipinski definition) is 1. The Hall–Kier alpha value is -1.55. The molecule has 1 aromatic carbocycles. The van der Waals surface area contributed by atoms with Crippen molar-refractivity contribution in [3.63, 3.8) is 0 Å². The number of carbonyl (C=O) groups is 1. The summed E-state index contributed by atoms with van der Waals surface area (Å²) in [7, 11) is 1.55. The molecular weight excluding hydrogens is 182 g/mol. The van der Waals surface area contributed by atoms with E-state index < -0.39 is 0 Å². The zero-order valence-corrected chi connectivity index (χ0v) is 8.03. The first-order valence-electron chi connectivity index (χ1n) is 4.25. The van der Waals surface area contributed by atoms with Gasteiger partial charge in [-0.05, 0) is 18.2 Å². The monoisotopic (exact) mass is 195 g/mol. The van der Waals surface area contributed by atoms with Crippen LogP contribution in [-0.2, 0) is 9.47 Å². The van der Waals surface area contributed by atoms with E-state index in [1.165, 1.54) is 0 Å². The van der Waals surface area contributed by atoms with Gasteiger partial charge in [-0.1, -0.05) is 6.07 Å². The third-order valence-electron chi connectivity index (χ3n) is 1.64. The highest BCUT2D eigenvalue weighted by atomic mass is 16.6. The number of benzene rings is 1. The van der Waals surface area contributed by atoms with Gasteiger partial charge in [-0.2, -0.15) is 0 Å². The molecule has 0 saturated heterocycles. The van der Waals surface area contributed by atoms with Gasteiger partial charge in [0.25, 0.3) is 0 Å². The Bertz CT molecular complexity index is 312. The summed E-state index contributed by atoms with van der Waals surface area (Å²) >= 11 is 0. The molecule has 0 bridgehead atoms. The molecular formula is C10H13NO3. The van der Waals surface area contributed by atoms with Gasteiger partial charge < -0.3 is 15.2 Å². The summed E-state index contributed by atoms with van der Waals surface area (Å²) in [6.07, 6.45) is 0. The first kappa shape index (κ1) is 10.5. The Balaban J connectivity index is 2.52. The number of anilines is 1. The van der Waals surface area contributed by atoms with E-state index in [0.717, 1.165) is 0 Å². The van der Waals surface area contributed by atoms with Crippen LogP contribution >= 0.6 is 0 Å². The number of nitrogen functional groups attached to an aromatic ring is 1. The normalized spacial score (nSPS) is 9.79. The minimum Gasteiger partial charge on any atom is -0.460 e. The highest BCUT2D eigenvalue weighted by molar-refractivity contribution is 5.90. The number of hydrogen-bond acceptors (Lipinski definition) is 4. The zero-order valence-electron chi connectivity index (χ0n) is 8.03. The Morgan fingerprint density at radius 2 is 2.21 bits per heavy atom. The standard InChI is InChI=1S/C10H13NO3/c1-13-5-6-14-10(12)8-3-2-4-9(11)7-8/h2-4,7H,5-6,11H2,1H3. The average molecular weight is 195 g/mol. The van der Waals surface area contributed by atoms with Crippen molar-refractivity contribution in [3.8, 4) is 0 Å². The lowest BCUT2D eigenvalue weighted by Gasteiger charge is -2.04. The molecule has 0 atom stereocenters. The smallest absolute Gasteiger partial charge is 0.338 e. The zero-order chi connectivity index (χ0) is 10.4. The second-order valence-corrected chi connectivity index (χ2v) is 2.75. The minimum absolute atomic E-state index is 0.254. The van der Waals surface area contributed by atoms with E-state index in [1.54, 1.807) is 31.4 Å². The molecule has 0 radical (unpaired) electrons. The van der Waals surface area contributed by atoms with E-state index in [0.29, 0.717) is 17.9 Å². The number of nitrogens with two attached hydrogens (primary N) is 1. The Kier molecular flexibility index (Phi) is 3.94. The van der Waals surface area contributed by atoms with Crippen LogP contribution in [0.25, 0.3) is 0 Å². The minimum atomic E-state index is -0.380. The Morgan fingerprint density at radius 3 is 2.86 bits per heavy atom. The fourth-order valence-corrected chi connectivity index (χ4v) is 0.967. The van der Waals surface area contributed by atoms with Crippen LogP contribution < -0.4 is 5.73 Å². The van der Waals surface area contributed by atoms with Crippen molar-refractivity contribution in [2.24, 2.45) is 0 Å². The molecule has 0 amide bonds. The van der Waals surface area contributed by atoms with Gasteiger partial charge in [-0.25, -0.2) is 4.79 Å². The van der Waals surface area contributed by atoms with Crippen molar-refractivity contribution < 1.29 is 14.3 Å². The van der Waals surface area contributed by atoms with Crippen molar-refractivity contribution in [1.82, 2.24) is 0 Å². The second-order valence-electron chi connectivity index (χ2n) is 2.75. The lowest BCUT2D eigenvalue weighted by atomic mass is 10.2. The van der Waals surface area contributed by atoms with Crippen molar-refractivity contribution >= 4 is 11.7 Å². The van der Waals surface area contributed by atoms with Crippen molar-refractivity contribution in [2.75, 3.05) is 26.1 Å². The summed E-state index contributed by atoms with van der Waals surface area (Å²) in [5.74, 6) is -0.380. The van der Waals surface area contributed by atoms with Crippen LogP contribution in [0.15, 0.2) is 24.3 Å². The van der Waals surface area contributed by atoms with Crippen LogP contribution in [0.1, 0.15) is 10.4 Å². The van der Waals surface area contributed by atoms with E-state index in [9.17, 15) is 4.79 Å². The molecule has 1 aromatic rings. The first-order chi connectivity index (χ1) is 6.74. The maximum Gasteiger partial charge on any atom is 0.338 e. The first-order valence-corrected chi connectivity index (χ1v) is 4.25. The van der Waals surface area contributed by atoms with Gasteiger partial charge in [0, 0.05) is 12.8 Å². The summed E-state index contributed by atoms with van der Waals surface area (Å²) in [5.41, 5.74) is 6.53. The number of rotatable bonds is 4.